The fourth-order valence-corrected chi connectivity index (χ4v) is 1.02. The summed E-state index contributed by atoms with van der Waals surface area (Å²) in [6.45, 7) is 0. The average molecular weight is 194 g/mol. The van der Waals surface area contributed by atoms with Gasteiger partial charge in [-0.05, 0) is 12.1 Å². The molecule has 1 aromatic carbocycles. The van der Waals surface area contributed by atoms with Gasteiger partial charge in [-0.3, -0.25) is 4.79 Å². The van der Waals surface area contributed by atoms with Gasteiger partial charge in [0.15, 0.2) is 0 Å². The van der Waals surface area contributed by atoms with Gasteiger partial charge in [-0.2, -0.15) is 0 Å². The van der Waals surface area contributed by atoms with E-state index in [-0.39, 0.29) is 17.3 Å². The molecule has 0 aliphatic carbocycles. The highest BCUT2D eigenvalue weighted by Gasteiger charge is 2.02. The molecule has 1 rings (SSSR count). The summed E-state index contributed by atoms with van der Waals surface area (Å²) >= 11 is 4.60. The van der Waals surface area contributed by atoms with E-state index >= 15 is 0 Å². The van der Waals surface area contributed by atoms with Gasteiger partial charge in [-0.1, -0.05) is 30.4 Å². The molecule has 1 aromatic rings. The van der Waals surface area contributed by atoms with Crippen LogP contribution in [0.1, 0.15) is 6.42 Å². The summed E-state index contributed by atoms with van der Waals surface area (Å²) < 4.78 is 0. The van der Waals surface area contributed by atoms with Crippen LogP contribution >= 0.6 is 12.2 Å². The molecule has 0 spiro atoms. The minimum atomic E-state index is -0.182. The van der Waals surface area contributed by atoms with Crippen molar-refractivity contribution in [1.29, 1.82) is 0 Å². The molecular weight excluding hydrogens is 184 g/mol. The maximum absolute atomic E-state index is 11.1. The minimum absolute atomic E-state index is 0.0875. The third kappa shape index (κ3) is 3.66. The van der Waals surface area contributed by atoms with Gasteiger partial charge in [0.25, 0.3) is 0 Å². The van der Waals surface area contributed by atoms with Gasteiger partial charge in [0.2, 0.25) is 5.91 Å². The van der Waals surface area contributed by atoms with Crippen LogP contribution in [0.15, 0.2) is 30.3 Å². The van der Waals surface area contributed by atoms with Gasteiger partial charge in [-0.15, -0.1) is 0 Å². The van der Waals surface area contributed by atoms with Crippen molar-refractivity contribution in [2.75, 3.05) is 5.32 Å². The Balaban J connectivity index is 2.50. The van der Waals surface area contributed by atoms with E-state index in [2.05, 4.69) is 17.5 Å². The second kappa shape index (κ2) is 4.57. The maximum atomic E-state index is 11.1. The second-order valence-electron chi connectivity index (χ2n) is 2.56. The number of rotatable bonds is 3. The highest BCUT2D eigenvalue weighted by atomic mass is 32.1. The predicted molar refractivity (Wildman–Crippen MR) is 56.5 cm³/mol. The molecule has 0 atom stereocenters. The number of thiocarbonyl (C=S) groups is 1. The van der Waals surface area contributed by atoms with Crippen molar-refractivity contribution >= 4 is 28.8 Å². The molecule has 0 bridgehead atoms. The molecule has 0 saturated carbocycles. The normalized spacial score (nSPS) is 9.23. The number of anilines is 1. The van der Waals surface area contributed by atoms with E-state index < -0.39 is 0 Å². The first-order valence-corrected chi connectivity index (χ1v) is 4.22. The van der Waals surface area contributed by atoms with Crippen LogP contribution < -0.4 is 11.1 Å². The molecule has 0 aliphatic rings. The Morgan fingerprint density at radius 1 is 1.38 bits per heavy atom. The molecule has 0 unspecified atom stereocenters. The van der Waals surface area contributed by atoms with Crippen LogP contribution in [0.4, 0.5) is 5.69 Å². The van der Waals surface area contributed by atoms with Crippen molar-refractivity contribution in [3.05, 3.63) is 30.3 Å². The van der Waals surface area contributed by atoms with E-state index in [1.807, 2.05) is 18.2 Å². The number of nitrogens with two attached hydrogens (primary N) is 1. The number of hydrogen-bond acceptors (Lipinski definition) is 2. The van der Waals surface area contributed by atoms with Crippen LogP contribution in [-0.4, -0.2) is 10.9 Å². The first kappa shape index (κ1) is 9.67. The van der Waals surface area contributed by atoms with Gasteiger partial charge < -0.3 is 11.1 Å². The Bertz CT molecular complexity index is 311. The Hall–Kier alpha value is -1.42. The smallest absolute Gasteiger partial charge is 0.231 e. The number of para-hydroxylation sites is 1. The van der Waals surface area contributed by atoms with E-state index in [0.29, 0.717) is 0 Å². The molecule has 1 amide bonds. The monoisotopic (exact) mass is 194 g/mol. The summed E-state index contributed by atoms with van der Waals surface area (Å²) in [6, 6.07) is 9.17. The van der Waals surface area contributed by atoms with Crippen molar-refractivity contribution in [2.45, 2.75) is 6.42 Å². The number of carbonyl (C=O) groups is 1. The van der Waals surface area contributed by atoms with Crippen LogP contribution in [0.3, 0.4) is 0 Å². The first-order valence-electron chi connectivity index (χ1n) is 3.81. The molecule has 0 aliphatic heterocycles. The standard InChI is InChI=1S/C9H10N2OS/c10-8(13)6-9(12)11-7-4-2-1-3-5-7/h1-5H,6H2,(H2,10,13)(H,11,12). The lowest BCUT2D eigenvalue weighted by Crippen LogP contribution is -2.19. The largest absolute Gasteiger partial charge is 0.393 e. The van der Waals surface area contributed by atoms with Crippen LogP contribution in [0.2, 0.25) is 0 Å². The molecule has 3 N–H and O–H groups in total. The molecule has 4 heteroatoms. The van der Waals surface area contributed by atoms with E-state index in [1.165, 1.54) is 0 Å². The zero-order chi connectivity index (χ0) is 9.68. The van der Waals surface area contributed by atoms with E-state index in [1.54, 1.807) is 12.1 Å². The molecule has 3 nitrogen and oxygen atoms in total. The SMILES string of the molecule is NC(=S)CC(=O)Nc1ccccc1. The van der Waals surface area contributed by atoms with Crippen LogP contribution in [0, 0.1) is 0 Å². The highest BCUT2D eigenvalue weighted by Crippen LogP contribution is 2.04. The van der Waals surface area contributed by atoms with E-state index in [9.17, 15) is 4.79 Å². The zero-order valence-electron chi connectivity index (χ0n) is 6.99. The lowest BCUT2D eigenvalue weighted by molar-refractivity contribution is -0.115. The minimum Gasteiger partial charge on any atom is -0.393 e. The maximum Gasteiger partial charge on any atom is 0.231 e. The molecule has 0 fully saturated rings. The Labute approximate surface area is 81.9 Å². The summed E-state index contributed by atoms with van der Waals surface area (Å²) in [5, 5.41) is 2.67. The number of amides is 1. The zero-order valence-corrected chi connectivity index (χ0v) is 7.80. The highest BCUT2D eigenvalue weighted by molar-refractivity contribution is 7.80. The Kier molecular flexibility index (Phi) is 3.40. The molecule has 68 valence electrons. The van der Waals surface area contributed by atoms with Gasteiger partial charge in [0.1, 0.15) is 0 Å². The number of hydrogen-bond donors (Lipinski definition) is 2. The lowest BCUT2D eigenvalue weighted by atomic mass is 10.3. The third-order valence-electron chi connectivity index (χ3n) is 1.39. The lowest BCUT2D eigenvalue weighted by Gasteiger charge is -2.02. The van der Waals surface area contributed by atoms with Gasteiger partial charge in [0.05, 0.1) is 11.4 Å². The fraction of sp³-hybridized carbons (Fsp3) is 0.111. The van der Waals surface area contributed by atoms with Crippen LogP contribution in [0.25, 0.3) is 0 Å². The van der Waals surface area contributed by atoms with Crippen molar-refractivity contribution in [3.8, 4) is 0 Å². The Morgan fingerprint density at radius 3 is 2.54 bits per heavy atom. The molecule has 0 saturated heterocycles. The van der Waals surface area contributed by atoms with E-state index in [0.717, 1.165) is 5.69 Å². The van der Waals surface area contributed by atoms with Gasteiger partial charge >= 0.3 is 0 Å². The summed E-state index contributed by atoms with van der Waals surface area (Å²) in [5.41, 5.74) is 5.97. The van der Waals surface area contributed by atoms with Crippen molar-refractivity contribution < 1.29 is 4.79 Å². The number of nitrogens with one attached hydrogen (secondary N) is 1. The summed E-state index contributed by atoms with van der Waals surface area (Å²) in [6.07, 6.45) is 0.0875. The Morgan fingerprint density at radius 2 is 2.00 bits per heavy atom. The van der Waals surface area contributed by atoms with Crippen molar-refractivity contribution in [1.82, 2.24) is 0 Å². The molecule has 13 heavy (non-hydrogen) atoms. The molecular formula is C9H10N2OS. The van der Waals surface area contributed by atoms with Crippen molar-refractivity contribution in [3.63, 3.8) is 0 Å². The van der Waals surface area contributed by atoms with Gasteiger partial charge in [-0.25, -0.2) is 0 Å². The summed E-state index contributed by atoms with van der Waals surface area (Å²) in [5.74, 6) is -0.182. The van der Waals surface area contributed by atoms with Gasteiger partial charge in [0, 0.05) is 5.69 Å². The van der Waals surface area contributed by atoms with Crippen LogP contribution in [-0.2, 0) is 4.79 Å². The average Bonchev–Trinajstić information content (AvgIpc) is 2.04. The predicted octanol–water partition coefficient (Wildman–Crippen LogP) is 1.30. The molecule has 0 aromatic heterocycles. The molecule has 0 heterocycles. The second-order valence-corrected chi connectivity index (χ2v) is 3.08. The fourth-order valence-electron chi connectivity index (χ4n) is 0.885. The molecule has 0 radical (unpaired) electrons. The number of benzene rings is 1. The van der Waals surface area contributed by atoms with Crippen LogP contribution in [0.5, 0.6) is 0 Å². The topological polar surface area (TPSA) is 55.1 Å². The first-order chi connectivity index (χ1) is 6.18. The summed E-state index contributed by atoms with van der Waals surface area (Å²) in [4.78, 5) is 11.3. The summed E-state index contributed by atoms with van der Waals surface area (Å²) in [7, 11) is 0. The third-order valence-corrected chi connectivity index (χ3v) is 1.54. The van der Waals surface area contributed by atoms with Crippen molar-refractivity contribution in [2.24, 2.45) is 5.73 Å². The number of carbonyl (C=O) groups excluding carboxylic acids is 1. The quantitative estimate of drug-likeness (QED) is 0.713. The van der Waals surface area contributed by atoms with E-state index in [4.69, 9.17) is 5.73 Å².